The van der Waals surface area contributed by atoms with E-state index >= 15 is 0 Å². The first-order valence-corrected chi connectivity index (χ1v) is 11.9. The molecule has 0 aromatic carbocycles. The van der Waals surface area contributed by atoms with Crippen molar-refractivity contribution >= 4 is 17.8 Å². The zero-order valence-corrected chi connectivity index (χ0v) is 19.0. The van der Waals surface area contributed by atoms with Crippen molar-refractivity contribution in [1.82, 2.24) is 5.32 Å². The van der Waals surface area contributed by atoms with Gasteiger partial charge < -0.3 is 16.2 Å². The maximum Gasteiger partial charge on any atom is 0.326 e. The molecule has 0 spiro atoms. The molecule has 0 radical (unpaired) electrons. The second-order valence-corrected chi connectivity index (χ2v) is 8.15. The van der Waals surface area contributed by atoms with Gasteiger partial charge in [-0.3, -0.25) is 9.59 Å². The smallest absolute Gasteiger partial charge is 0.326 e. The van der Waals surface area contributed by atoms with Crippen molar-refractivity contribution in [3.63, 3.8) is 0 Å². The third-order valence-corrected chi connectivity index (χ3v) is 5.23. The van der Waals surface area contributed by atoms with Gasteiger partial charge in [-0.2, -0.15) is 0 Å². The maximum atomic E-state index is 11.9. The van der Waals surface area contributed by atoms with Crippen LogP contribution in [0.4, 0.5) is 0 Å². The van der Waals surface area contributed by atoms with Crippen molar-refractivity contribution in [3.05, 3.63) is 12.2 Å². The number of hydrogen-bond donors (Lipinski definition) is 3. The summed E-state index contributed by atoms with van der Waals surface area (Å²) in [7, 11) is 0. The second kappa shape index (κ2) is 20.4. The van der Waals surface area contributed by atoms with Gasteiger partial charge in [-0.1, -0.05) is 76.9 Å². The fourth-order valence-electron chi connectivity index (χ4n) is 3.34. The average Bonchev–Trinajstić information content (AvgIpc) is 2.70. The third-order valence-electron chi connectivity index (χ3n) is 5.23. The van der Waals surface area contributed by atoms with Gasteiger partial charge in [0.15, 0.2) is 0 Å². The highest BCUT2D eigenvalue weighted by atomic mass is 16.4. The van der Waals surface area contributed by atoms with Crippen molar-refractivity contribution in [2.45, 2.75) is 122 Å². The zero-order valence-electron chi connectivity index (χ0n) is 19.0. The molecule has 30 heavy (non-hydrogen) atoms. The monoisotopic (exact) mass is 424 g/mol. The van der Waals surface area contributed by atoms with Gasteiger partial charge in [-0.15, -0.1) is 0 Å². The predicted molar refractivity (Wildman–Crippen MR) is 122 cm³/mol. The van der Waals surface area contributed by atoms with Gasteiger partial charge in [0.2, 0.25) is 11.8 Å². The van der Waals surface area contributed by atoms with Crippen molar-refractivity contribution in [2.24, 2.45) is 5.73 Å². The van der Waals surface area contributed by atoms with E-state index in [0.717, 1.165) is 32.1 Å². The average molecular weight is 425 g/mol. The SMILES string of the molecule is CCCCCCCCCC=CCCCCCCCC(=O)NC(CCC(N)=O)C(=O)O. The van der Waals surface area contributed by atoms with Crippen LogP contribution in [0, 0.1) is 0 Å². The molecule has 0 saturated carbocycles. The minimum atomic E-state index is -1.13. The van der Waals surface area contributed by atoms with Crippen LogP contribution in [0.25, 0.3) is 0 Å². The lowest BCUT2D eigenvalue weighted by atomic mass is 10.1. The van der Waals surface area contributed by atoms with E-state index in [1.54, 1.807) is 0 Å². The first kappa shape index (κ1) is 28.1. The van der Waals surface area contributed by atoms with Crippen LogP contribution in [-0.4, -0.2) is 28.9 Å². The molecule has 0 bridgehead atoms. The van der Waals surface area contributed by atoms with Crippen molar-refractivity contribution in [2.75, 3.05) is 0 Å². The minimum absolute atomic E-state index is 0.0306. The Morgan fingerprint density at radius 3 is 1.80 bits per heavy atom. The molecule has 0 aliphatic carbocycles. The molecule has 0 aliphatic heterocycles. The number of carboxylic acids is 1. The van der Waals surface area contributed by atoms with Gasteiger partial charge in [0.05, 0.1) is 0 Å². The summed E-state index contributed by atoms with van der Waals surface area (Å²) in [6.45, 7) is 2.25. The van der Waals surface area contributed by atoms with Gasteiger partial charge in [-0.05, 0) is 38.5 Å². The Labute approximate surface area is 183 Å². The maximum absolute atomic E-state index is 11.9. The first-order chi connectivity index (χ1) is 14.5. The molecule has 174 valence electrons. The lowest BCUT2D eigenvalue weighted by Gasteiger charge is -2.13. The lowest BCUT2D eigenvalue weighted by Crippen LogP contribution is -2.41. The van der Waals surface area contributed by atoms with E-state index in [1.807, 2.05) is 0 Å². The number of carbonyl (C=O) groups is 3. The van der Waals surface area contributed by atoms with Gasteiger partial charge in [-0.25, -0.2) is 4.79 Å². The predicted octanol–water partition coefficient (Wildman–Crippen LogP) is 5.25. The molecular weight excluding hydrogens is 380 g/mol. The molecule has 0 aromatic heterocycles. The number of carbonyl (C=O) groups excluding carboxylic acids is 2. The quantitative estimate of drug-likeness (QED) is 0.173. The Hall–Kier alpha value is -1.85. The number of unbranched alkanes of at least 4 members (excludes halogenated alkanes) is 12. The number of nitrogens with two attached hydrogens (primary N) is 1. The highest BCUT2D eigenvalue weighted by Crippen LogP contribution is 2.10. The molecule has 0 heterocycles. The molecule has 0 fully saturated rings. The third kappa shape index (κ3) is 19.5. The molecule has 0 saturated heterocycles. The van der Waals surface area contributed by atoms with Crippen LogP contribution in [0.15, 0.2) is 12.2 Å². The van der Waals surface area contributed by atoms with Crippen LogP contribution in [-0.2, 0) is 14.4 Å². The summed E-state index contributed by atoms with van der Waals surface area (Å²) in [5.41, 5.74) is 5.03. The summed E-state index contributed by atoms with van der Waals surface area (Å²) in [5.74, 6) is -1.98. The summed E-state index contributed by atoms with van der Waals surface area (Å²) in [4.78, 5) is 33.7. The zero-order chi connectivity index (χ0) is 22.5. The van der Waals surface area contributed by atoms with Gasteiger partial charge in [0.1, 0.15) is 6.04 Å². The van der Waals surface area contributed by atoms with E-state index in [0.29, 0.717) is 6.42 Å². The number of allylic oxidation sites excluding steroid dienone is 2. The Kier molecular flexibility index (Phi) is 19.2. The van der Waals surface area contributed by atoms with Crippen molar-refractivity contribution < 1.29 is 19.5 Å². The molecule has 0 aliphatic rings. The molecule has 2 amide bonds. The Morgan fingerprint density at radius 2 is 1.30 bits per heavy atom. The Morgan fingerprint density at radius 1 is 0.800 bits per heavy atom. The first-order valence-electron chi connectivity index (χ1n) is 11.9. The minimum Gasteiger partial charge on any atom is -0.480 e. The number of aliphatic carboxylic acids is 1. The largest absolute Gasteiger partial charge is 0.480 e. The molecule has 6 nitrogen and oxygen atoms in total. The van der Waals surface area contributed by atoms with Crippen LogP contribution in [0.5, 0.6) is 0 Å². The Balaban J connectivity index is 3.52. The van der Waals surface area contributed by atoms with Crippen LogP contribution in [0.2, 0.25) is 0 Å². The number of hydrogen-bond acceptors (Lipinski definition) is 3. The van der Waals surface area contributed by atoms with E-state index in [4.69, 9.17) is 10.8 Å². The van der Waals surface area contributed by atoms with Crippen molar-refractivity contribution in [1.29, 1.82) is 0 Å². The molecule has 1 unspecified atom stereocenters. The fourth-order valence-corrected chi connectivity index (χ4v) is 3.34. The standard InChI is InChI=1S/C24H44N2O4/c1-2-3-4-5-6-7-8-9-10-11-12-13-14-15-16-17-18-23(28)26-21(24(29)30)19-20-22(25)27/h10-11,21H,2-9,12-20H2,1H3,(H2,25,27)(H,26,28)(H,29,30). The van der Waals surface area contributed by atoms with Crippen LogP contribution in [0.3, 0.4) is 0 Å². The molecule has 4 N–H and O–H groups in total. The van der Waals surface area contributed by atoms with Gasteiger partial charge in [0.25, 0.3) is 0 Å². The van der Waals surface area contributed by atoms with E-state index in [9.17, 15) is 14.4 Å². The number of amides is 2. The van der Waals surface area contributed by atoms with E-state index in [1.165, 1.54) is 57.8 Å². The summed E-state index contributed by atoms with van der Waals surface area (Å²) in [6.07, 6.45) is 21.8. The number of rotatable bonds is 21. The fraction of sp³-hybridized carbons (Fsp3) is 0.792. The summed E-state index contributed by atoms with van der Waals surface area (Å²) < 4.78 is 0. The van der Waals surface area contributed by atoms with E-state index < -0.39 is 17.9 Å². The number of primary amides is 1. The van der Waals surface area contributed by atoms with E-state index in [-0.39, 0.29) is 18.7 Å². The number of nitrogens with one attached hydrogen (secondary N) is 1. The van der Waals surface area contributed by atoms with Gasteiger partial charge >= 0.3 is 5.97 Å². The van der Waals surface area contributed by atoms with Gasteiger partial charge in [0, 0.05) is 12.8 Å². The summed E-state index contributed by atoms with van der Waals surface area (Å²) in [5, 5.41) is 11.5. The lowest BCUT2D eigenvalue weighted by molar-refractivity contribution is -0.142. The second-order valence-electron chi connectivity index (χ2n) is 8.15. The van der Waals surface area contributed by atoms with Crippen LogP contribution >= 0.6 is 0 Å². The number of carboxylic acid groups (broad SMARTS) is 1. The summed E-state index contributed by atoms with van der Waals surface area (Å²) in [6, 6.07) is -1.04. The molecule has 6 heteroatoms. The molecule has 1 atom stereocenters. The highest BCUT2D eigenvalue weighted by Gasteiger charge is 2.20. The molecule has 0 rings (SSSR count). The highest BCUT2D eigenvalue weighted by molar-refractivity contribution is 5.84. The summed E-state index contributed by atoms with van der Waals surface area (Å²) >= 11 is 0. The van der Waals surface area contributed by atoms with Crippen LogP contribution in [0.1, 0.15) is 116 Å². The molecular formula is C24H44N2O4. The van der Waals surface area contributed by atoms with Crippen molar-refractivity contribution in [3.8, 4) is 0 Å². The Bertz CT molecular complexity index is 492. The normalized spacial score (nSPS) is 12.2. The van der Waals surface area contributed by atoms with E-state index in [2.05, 4.69) is 24.4 Å². The van der Waals surface area contributed by atoms with Crippen LogP contribution < -0.4 is 11.1 Å². The molecule has 0 aromatic rings. The topological polar surface area (TPSA) is 109 Å².